The SMILES string of the molecule is CCN(CC)S(=O)(=O)c1ccc(Cl)c(C(=O)OCC(=O)Nc2ccc(C#N)c(Cl)c2)c1. The molecule has 1 amide bonds. The van der Waals surface area contributed by atoms with Crippen molar-refractivity contribution in [3.8, 4) is 6.07 Å². The van der Waals surface area contributed by atoms with E-state index in [1.807, 2.05) is 6.07 Å². The minimum absolute atomic E-state index is 0.0113. The van der Waals surface area contributed by atoms with Crippen molar-refractivity contribution in [2.75, 3.05) is 25.0 Å². The summed E-state index contributed by atoms with van der Waals surface area (Å²) in [6.45, 7) is 3.29. The van der Waals surface area contributed by atoms with Crippen LogP contribution >= 0.6 is 23.2 Å². The predicted molar refractivity (Wildman–Crippen MR) is 117 cm³/mol. The van der Waals surface area contributed by atoms with Crippen LogP contribution in [0.25, 0.3) is 0 Å². The standard InChI is InChI=1S/C20H19Cl2N3O5S/c1-3-25(4-2)31(28,29)15-7-8-17(21)16(10-15)20(27)30-12-19(26)24-14-6-5-13(11-23)18(22)9-14/h5-10H,3-4,12H2,1-2H3,(H,24,26). The van der Waals surface area contributed by atoms with E-state index in [1.165, 1.54) is 34.6 Å². The molecule has 1 N–H and O–H groups in total. The number of carbonyl (C=O) groups is 2. The van der Waals surface area contributed by atoms with Crippen LogP contribution in [-0.4, -0.2) is 44.3 Å². The van der Waals surface area contributed by atoms with E-state index >= 15 is 0 Å². The van der Waals surface area contributed by atoms with E-state index in [-0.39, 0.29) is 39.2 Å². The van der Waals surface area contributed by atoms with Crippen molar-refractivity contribution in [3.05, 3.63) is 57.6 Å². The second kappa shape index (κ2) is 10.6. The lowest BCUT2D eigenvalue weighted by Gasteiger charge is -2.19. The molecular weight excluding hydrogens is 465 g/mol. The van der Waals surface area contributed by atoms with Gasteiger partial charge in [0.05, 0.1) is 26.1 Å². The summed E-state index contributed by atoms with van der Waals surface area (Å²) in [4.78, 5) is 24.3. The first-order chi connectivity index (χ1) is 14.6. The fourth-order valence-electron chi connectivity index (χ4n) is 2.62. The van der Waals surface area contributed by atoms with Crippen LogP contribution in [0.3, 0.4) is 0 Å². The zero-order valence-electron chi connectivity index (χ0n) is 16.7. The van der Waals surface area contributed by atoms with E-state index in [2.05, 4.69) is 5.32 Å². The molecule has 0 saturated heterocycles. The number of anilines is 1. The molecule has 0 bridgehead atoms. The van der Waals surface area contributed by atoms with Gasteiger partial charge in [-0.1, -0.05) is 37.0 Å². The van der Waals surface area contributed by atoms with E-state index in [9.17, 15) is 18.0 Å². The average molecular weight is 484 g/mol. The van der Waals surface area contributed by atoms with Crippen molar-refractivity contribution in [2.45, 2.75) is 18.7 Å². The third-order valence-corrected chi connectivity index (χ3v) is 6.90. The topological polar surface area (TPSA) is 117 Å². The molecule has 2 rings (SSSR count). The number of nitrogens with zero attached hydrogens (tertiary/aromatic N) is 2. The second-order valence-corrected chi connectivity index (χ2v) is 8.91. The summed E-state index contributed by atoms with van der Waals surface area (Å²) >= 11 is 11.9. The maximum absolute atomic E-state index is 12.7. The zero-order chi connectivity index (χ0) is 23.2. The molecule has 0 atom stereocenters. The highest BCUT2D eigenvalue weighted by molar-refractivity contribution is 7.89. The molecule has 0 unspecified atom stereocenters. The highest BCUT2D eigenvalue weighted by Gasteiger charge is 2.24. The van der Waals surface area contributed by atoms with Crippen LogP contribution in [0.4, 0.5) is 5.69 Å². The number of carbonyl (C=O) groups excluding carboxylic acids is 2. The van der Waals surface area contributed by atoms with Gasteiger partial charge in [0.1, 0.15) is 6.07 Å². The summed E-state index contributed by atoms with van der Waals surface area (Å²) in [5.41, 5.74) is 0.389. The van der Waals surface area contributed by atoms with E-state index in [4.69, 9.17) is 33.2 Å². The number of ether oxygens (including phenoxy) is 1. The maximum Gasteiger partial charge on any atom is 0.340 e. The molecule has 8 nitrogen and oxygen atoms in total. The lowest BCUT2D eigenvalue weighted by molar-refractivity contribution is -0.119. The summed E-state index contributed by atoms with van der Waals surface area (Å²) in [6.07, 6.45) is 0. The Balaban J connectivity index is 2.11. The number of nitrogens with one attached hydrogen (secondary N) is 1. The minimum atomic E-state index is -3.80. The van der Waals surface area contributed by atoms with Crippen LogP contribution in [0.5, 0.6) is 0 Å². The molecule has 0 aliphatic rings. The van der Waals surface area contributed by atoms with Gasteiger partial charge in [-0.2, -0.15) is 9.57 Å². The molecule has 11 heteroatoms. The van der Waals surface area contributed by atoms with Crippen LogP contribution in [0.2, 0.25) is 10.0 Å². The Bertz CT molecular complexity index is 1140. The van der Waals surface area contributed by atoms with Crippen LogP contribution < -0.4 is 5.32 Å². The molecule has 0 fully saturated rings. The van der Waals surface area contributed by atoms with Crippen LogP contribution in [-0.2, 0) is 19.6 Å². The number of benzene rings is 2. The number of hydrogen-bond donors (Lipinski definition) is 1. The number of sulfonamides is 1. The fraction of sp³-hybridized carbons (Fsp3) is 0.250. The molecular formula is C20H19Cl2N3O5S. The van der Waals surface area contributed by atoms with Gasteiger partial charge in [0.2, 0.25) is 10.0 Å². The van der Waals surface area contributed by atoms with Crippen molar-refractivity contribution in [1.82, 2.24) is 4.31 Å². The lowest BCUT2D eigenvalue weighted by atomic mass is 10.2. The highest BCUT2D eigenvalue weighted by atomic mass is 35.5. The summed E-state index contributed by atoms with van der Waals surface area (Å²) in [5.74, 6) is -1.60. The van der Waals surface area contributed by atoms with E-state index in [1.54, 1.807) is 13.8 Å². The fourth-order valence-corrected chi connectivity index (χ4v) is 4.53. The first-order valence-corrected chi connectivity index (χ1v) is 11.3. The zero-order valence-corrected chi connectivity index (χ0v) is 19.0. The molecule has 31 heavy (non-hydrogen) atoms. The third kappa shape index (κ3) is 5.95. The molecule has 0 aliphatic heterocycles. The number of esters is 1. The van der Waals surface area contributed by atoms with Crippen molar-refractivity contribution in [1.29, 1.82) is 5.26 Å². The van der Waals surface area contributed by atoms with Crippen LogP contribution in [0.1, 0.15) is 29.8 Å². The summed E-state index contributed by atoms with van der Waals surface area (Å²) in [6, 6.07) is 9.90. The van der Waals surface area contributed by atoms with Gasteiger partial charge in [0, 0.05) is 18.8 Å². The van der Waals surface area contributed by atoms with Crippen LogP contribution in [0, 0.1) is 11.3 Å². The molecule has 0 spiro atoms. The molecule has 0 heterocycles. The quantitative estimate of drug-likeness (QED) is 0.572. The average Bonchev–Trinajstić information content (AvgIpc) is 2.73. The summed E-state index contributed by atoms with van der Waals surface area (Å²) in [7, 11) is -3.80. The van der Waals surface area contributed by atoms with E-state index in [0.29, 0.717) is 5.69 Å². The minimum Gasteiger partial charge on any atom is -0.452 e. The van der Waals surface area contributed by atoms with Gasteiger partial charge in [-0.05, 0) is 36.4 Å². The molecule has 0 radical (unpaired) electrons. The number of amides is 1. The summed E-state index contributed by atoms with van der Waals surface area (Å²) < 4.78 is 31.5. The normalized spacial score (nSPS) is 11.1. The van der Waals surface area contributed by atoms with Gasteiger partial charge in [-0.25, -0.2) is 13.2 Å². The van der Waals surface area contributed by atoms with E-state index < -0.39 is 28.5 Å². The Morgan fingerprint density at radius 3 is 2.35 bits per heavy atom. The predicted octanol–water partition coefficient (Wildman–Crippen LogP) is 3.69. The lowest BCUT2D eigenvalue weighted by Crippen LogP contribution is -2.30. The maximum atomic E-state index is 12.7. The first kappa shape index (κ1) is 24.6. The van der Waals surface area contributed by atoms with Gasteiger partial charge in [0.25, 0.3) is 5.91 Å². The monoisotopic (exact) mass is 483 g/mol. The molecule has 164 valence electrons. The second-order valence-electron chi connectivity index (χ2n) is 6.16. The smallest absolute Gasteiger partial charge is 0.340 e. The van der Waals surface area contributed by atoms with Crippen LogP contribution in [0.15, 0.2) is 41.3 Å². The van der Waals surface area contributed by atoms with Gasteiger partial charge >= 0.3 is 5.97 Å². The van der Waals surface area contributed by atoms with Crippen molar-refractivity contribution in [3.63, 3.8) is 0 Å². The van der Waals surface area contributed by atoms with Crippen molar-refractivity contribution < 1.29 is 22.7 Å². The van der Waals surface area contributed by atoms with Crippen molar-refractivity contribution >= 4 is 50.8 Å². The molecule has 2 aromatic carbocycles. The molecule has 0 aliphatic carbocycles. The Hall–Kier alpha value is -2.64. The van der Waals surface area contributed by atoms with Gasteiger partial charge < -0.3 is 10.1 Å². The van der Waals surface area contributed by atoms with Gasteiger partial charge in [-0.3, -0.25) is 4.79 Å². The van der Waals surface area contributed by atoms with E-state index in [0.717, 1.165) is 6.07 Å². The Kier molecular flexibility index (Phi) is 8.42. The van der Waals surface area contributed by atoms with Gasteiger partial charge in [0.15, 0.2) is 6.61 Å². The Labute approximate surface area is 190 Å². The van der Waals surface area contributed by atoms with Crippen molar-refractivity contribution in [2.24, 2.45) is 0 Å². The molecule has 0 aromatic heterocycles. The number of hydrogen-bond acceptors (Lipinski definition) is 6. The summed E-state index contributed by atoms with van der Waals surface area (Å²) in [5, 5.41) is 11.5. The number of rotatable bonds is 8. The highest BCUT2D eigenvalue weighted by Crippen LogP contribution is 2.24. The molecule has 2 aromatic rings. The largest absolute Gasteiger partial charge is 0.452 e. The van der Waals surface area contributed by atoms with Gasteiger partial charge in [-0.15, -0.1) is 0 Å². The Morgan fingerprint density at radius 1 is 1.10 bits per heavy atom. The molecule has 0 saturated carbocycles. The Morgan fingerprint density at radius 2 is 1.77 bits per heavy atom. The number of halogens is 2. The number of nitriles is 1. The third-order valence-electron chi connectivity index (χ3n) is 4.21. The first-order valence-electron chi connectivity index (χ1n) is 9.10.